The zero-order valence-corrected chi connectivity index (χ0v) is 24.6. The summed E-state index contributed by atoms with van der Waals surface area (Å²) >= 11 is 1.59. The summed E-state index contributed by atoms with van der Waals surface area (Å²) in [7, 11) is 0. The zero-order valence-electron chi connectivity index (χ0n) is 23.7. The van der Waals surface area contributed by atoms with Gasteiger partial charge in [0.15, 0.2) is 5.13 Å². The number of ether oxygens (including phenoxy) is 2. The van der Waals surface area contributed by atoms with E-state index < -0.39 is 5.97 Å². The average molecular weight is 589 g/mol. The molecule has 220 valence electrons. The lowest BCUT2D eigenvalue weighted by atomic mass is 9.85. The third-order valence-electron chi connectivity index (χ3n) is 8.80. The van der Waals surface area contributed by atoms with Crippen molar-refractivity contribution in [2.24, 2.45) is 17.8 Å². The van der Waals surface area contributed by atoms with E-state index in [1.165, 1.54) is 0 Å². The molecule has 10 heteroatoms. The molecule has 3 heterocycles. The van der Waals surface area contributed by atoms with Crippen LogP contribution in [0.15, 0.2) is 41.8 Å². The van der Waals surface area contributed by atoms with E-state index in [0.29, 0.717) is 31.0 Å². The van der Waals surface area contributed by atoms with Gasteiger partial charge in [-0.1, -0.05) is 23.8 Å². The molecule has 6 rings (SSSR count). The Morgan fingerprint density at radius 2 is 2.00 bits per heavy atom. The van der Waals surface area contributed by atoms with Crippen LogP contribution in [0.25, 0.3) is 11.3 Å². The van der Waals surface area contributed by atoms with Crippen molar-refractivity contribution in [1.82, 2.24) is 9.88 Å². The average Bonchev–Trinajstić information content (AvgIpc) is 3.59. The molecular weight excluding hydrogens is 552 g/mol. The second kappa shape index (κ2) is 12.4. The fraction of sp³-hybridized carbons (Fsp3) is 0.469. The van der Waals surface area contributed by atoms with Gasteiger partial charge in [0.05, 0.1) is 42.6 Å². The lowest BCUT2D eigenvalue weighted by Crippen LogP contribution is -2.44. The molecule has 3 atom stereocenters. The first-order valence-corrected chi connectivity index (χ1v) is 15.4. The van der Waals surface area contributed by atoms with Crippen LogP contribution in [0.3, 0.4) is 0 Å². The van der Waals surface area contributed by atoms with E-state index >= 15 is 0 Å². The lowest BCUT2D eigenvalue weighted by Gasteiger charge is -2.35. The Morgan fingerprint density at radius 1 is 1.19 bits per heavy atom. The molecule has 2 saturated heterocycles. The number of rotatable bonds is 9. The van der Waals surface area contributed by atoms with E-state index in [1.807, 2.05) is 42.6 Å². The van der Waals surface area contributed by atoms with Crippen LogP contribution in [-0.2, 0) is 22.7 Å². The van der Waals surface area contributed by atoms with Crippen molar-refractivity contribution < 1.29 is 24.5 Å². The van der Waals surface area contributed by atoms with Crippen molar-refractivity contribution in [2.75, 3.05) is 44.3 Å². The number of thiazole rings is 1. The van der Waals surface area contributed by atoms with Crippen molar-refractivity contribution in [3.05, 3.63) is 64.0 Å². The summed E-state index contributed by atoms with van der Waals surface area (Å²) < 4.78 is 11.9. The van der Waals surface area contributed by atoms with Crippen molar-refractivity contribution in [3.8, 4) is 23.1 Å². The number of piperidine rings is 1. The number of aliphatic carboxylic acids is 1. The summed E-state index contributed by atoms with van der Waals surface area (Å²) in [4.78, 5) is 21.2. The number of anilines is 1. The minimum Gasteiger partial charge on any atom is -0.488 e. The molecule has 3 fully saturated rings. The van der Waals surface area contributed by atoms with E-state index in [-0.39, 0.29) is 37.1 Å². The minimum absolute atomic E-state index is 0.00579. The highest BCUT2D eigenvalue weighted by molar-refractivity contribution is 7.14. The molecule has 3 unspecified atom stereocenters. The van der Waals surface area contributed by atoms with Crippen molar-refractivity contribution in [2.45, 2.75) is 39.0 Å². The second-order valence-corrected chi connectivity index (χ2v) is 12.5. The largest absolute Gasteiger partial charge is 0.488 e. The fourth-order valence-corrected chi connectivity index (χ4v) is 7.53. The smallest absolute Gasteiger partial charge is 0.307 e. The van der Waals surface area contributed by atoms with E-state index in [9.17, 15) is 20.3 Å². The monoisotopic (exact) mass is 588 g/mol. The number of carbonyl (C=O) groups is 1. The normalized spacial score (nSPS) is 24.0. The molecule has 2 aliphatic heterocycles. The summed E-state index contributed by atoms with van der Waals surface area (Å²) in [6.07, 6.45) is 1.77. The van der Waals surface area contributed by atoms with Gasteiger partial charge in [-0.15, -0.1) is 11.3 Å². The molecule has 2 aromatic carbocycles. The Bertz CT molecular complexity index is 1470. The van der Waals surface area contributed by atoms with Gasteiger partial charge < -0.3 is 24.6 Å². The molecule has 2 bridgehead atoms. The number of nitrogens with zero attached hydrogens (tertiary/aromatic N) is 4. The number of benzene rings is 2. The third kappa shape index (κ3) is 6.01. The molecular formula is C32H36N4O5S. The van der Waals surface area contributed by atoms with Gasteiger partial charge in [0.25, 0.3) is 0 Å². The number of aliphatic hydroxyl groups is 1. The van der Waals surface area contributed by atoms with E-state index in [4.69, 9.17) is 14.5 Å². The number of hydrogen-bond acceptors (Lipinski definition) is 9. The van der Waals surface area contributed by atoms with Crippen LogP contribution < -0.4 is 9.64 Å². The Labute approximate surface area is 249 Å². The van der Waals surface area contributed by atoms with E-state index in [0.717, 1.165) is 65.6 Å². The molecule has 3 aromatic rings. The molecule has 0 radical (unpaired) electrons. The number of carboxylic acid groups (broad SMARTS) is 1. The highest BCUT2D eigenvalue weighted by atomic mass is 32.1. The van der Waals surface area contributed by atoms with Gasteiger partial charge in [-0.05, 0) is 55.4 Å². The van der Waals surface area contributed by atoms with Gasteiger partial charge in [-0.2, -0.15) is 5.26 Å². The third-order valence-corrected chi connectivity index (χ3v) is 9.70. The number of aliphatic hydroxyl groups excluding tert-OH is 1. The van der Waals surface area contributed by atoms with Crippen LogP contribution in [-0.4, -0.2) is 71.6 Å². The van der Waals surface area contributed by atoms with Gasteiger partial charge in [0.2, 0.25) is 0 Å². The Kier molecular flexibility index (Phi) is 8.45. The second-order valence-electron chi connectivity index (χ2n) is 11.7. The summed E-state index contributed by atoms with van der Waals surface area (Å²) in [5.74, 6) is 0.171. The van der Waals surface area contributed by atoms with Gasteiger partial charge >= 0.3 is 5.97 Å². The maximum absolute atomic E-state index is 11.8. The SMILES string of the molecule is Cc1ccc(OCc2ccc(CN3CCOC(CO)C3)cc2C#N)c(-c2csc(N3CC4CCC(C3)C4C(=O)O)n2)c1. The molecule has 3 aliphatic rings. The summed E-state index contributed by atoms with van der Waals surface area (Å²) in [6, 6.07) is 14.3. The standard InChI is InChI=1S/C32H36N4O5S/c1-20-2-7-29(41-18-24-4-3-21(11-25(24)12-33)13-35-8-9-40-26(16-35)17-37)27(10-20)28-19-42-32(34-28)36-14-22-5-6-23(15-36)30(22)31(38)39/h2-4,7,10-11,19,22-23,26,30,37H,5-6,8-9,13-18H2,1H3,(H,38,39). The predicted molar refractivity (Wildman–Crippen MR) is 159 cm³/mol. The molecule has 1 saturated carbocycles. The Hall–Kier alpha value is -3.49. The number of carboxylic acids is 1. The molecule has 9 nitrogen and oxygen atoms in total. The van der Waals surface area contributed by atoms with Gasteiger partial charge in [-0.3, -0.25) is 9.69 Å². The van der Waals surface area contributed by atoms with Crippen molar-refractivity contribution in [3.63, 3.8) is 0 Å². The fourth-order valence-electron chi connectivity index (χ4n) is 6.69. The molecule has 1 aliphatic carbocycles. The first-order valence-electron chi connectivity index (χ1n) is 14.6. The molecule has 0 spiro atoms. The lowest BCUT2D eigenvalue weighted by molar-refractivity contribution is -0.144. The summed E-state index contributed by atoms with van der Waals surface area (Å²) in [5, 5.41) is 32.0. The number of aryl methyl sites for hydroxylation is 1. The Morgan fingerprint density at radius 3 is 2.74 bits per heavy atom. The number of morpholine rings is 1. The molecule has 2 N–H and O–H groups in total. The number of aromatic nitrogens is 1. The van der Waals surface area contributed by atoms with Gasteiger partial charge in [0.1, 0.15) is 12.4 Å². The quantitative estimate of drug-likeness (QED) is 0.377. The zero-order chi connectivity index (χ0) is 29.2. The van der Waals surface area contributed by atoms with Crippen molar-refractivity contribution >= 4 is 22.4 Å². The maximum Gasteiger partial charge on any atom is 0.307 e. The van der Waals surface area contributed by atoms with Crippen LogP contribution in [0, 0.1) is 36.0 Å². The number of fused-ring (bicyclic) bond motifs is 2. The first kappa shape index (κ1) is 28.6. The predicted octanol–water partition coefficient (Wildman–Crippen LogP) is 4.31. The Balaban J connectivity index is 1.15. The molecule has 1 aromatic heterocycles. The van der Waals surface area contributed by atoms with Crippen LogP contribution >= 0.6 is 11.3 Å². The minimum atomic E-state index is -0.661. The topological polar surface area (TPSA) is 119 Å². The van der Waals surface area contributed by atoms with Crippen LogP contribution in [0.5, 0.6) is 5.75 Å². The number of hydrogen-bond donors (Lipinski definition) is 2. The molecule has 0 amide bonds. The van der Waals surface area contributed by atoms with Crippen molar-refractivity contribution in [1.29, 1.82) is 5.26 Å². The van der Waals surface area contributed by atoms with Crippen LogP contribution in [0.4, 0.5) is 5.13 Å². The van der Waals surface area contributed by atoms with Gasteiger partial charge in [-0.25, -0.2) is 4.98 Å². The first-order chi connectivity index (χ1) is 20.4. The van der Waals surface area contributed by atoms with Gasteiger partial charge in [0, 0.05) is 49.2 Å². The van der Waals surface area contributed by atoms with Crippen LogP contribution in [0.1, 0.15) is 35.1 Å². The summed E-state index contributed by atoms with van der Waals surface area (Å²) in [6.45, 7) is 6.51. The highest BCUT2D eigenvalue weighted by Gasteiger charge is 2.46. The maximum atomic E-state index is 11.8. The summed E-state index contributed by atoms with van der Waals surface area (Å²) in [5.41, 5.74) is 5.29. The van der Waals surface area contributed by atoms with E-state index in [1.54, 1.807) is 11.3 Å². The molecule has 42 heavy (non-hydrogen) atoms. The number of nitriles is 1. The highest BCUT2D eigenvalue weighted by Crippen LogP contribution is 2.44. The van der Waals surface area contributed by atoms with E-state index in [2.05, 4.69) is 21.9 Å². The van der Waals surface area contributed by atoms with Crippen LogP contribution in [0.2, 0.25) is 0 Å².